The van der Waals surface area contributed by atoms with Crippen LogP contribution in [0.3, 0.4) is 0 Å². The average molecular weight is 261 g/mol. The van der Waals surface area contributed by atoms with Crippen LogP contribution < -0.4 is 0 Å². The molecule has 0 aromatic heterocycles. The van der Waals surface area contributed by atoms with Crippen molar-refractivity contribution in [2.24, 2.45) is 11.3 Å². The molecule has 1 nitrogen and oxygen atoms in total. The van der Waals surface area contributed by atoms with Crippen LogP contribution in [0, 0.1) is 17.4 Å². The summed E-state index contributed by atoms with van der Waals surface area (Å²) in [6.45, 7) is 8.81. The SMILES string of the molecule is CC(CC(=O)C1=[C-]CC=C1)CC(C)(C)C.[Fe]. The molecule has 0 saturated carbocycles. The smallest absolute Gasteiger partial charge is 0.0497 e. The third-order valence-electron chi connectivity index (χ3n) is 2.49. The molecule has 0 heterocycles. The van der Waals surface area contributed by atoms with Crippen LogP contribution in [0.25, 0.3) is 0 Å². The molecule has 0 fully saturated rings. The molecule has 0 radical (unpaired) electrons. The normalized spacial score (nSPS) is 16.6. The molecule has 0 bridgehead atoms. The molecule has 0 saturated heterocycles. The van der Waals surface area contributed by atoms with Gasteiger partial charge in [0.1, 0.15) is 0 Å². The number of ketones is 1. The first kappa shape index (κ1) is 15.7. The zero-order valence-electron chi connectivity index (χ0n) is 10.6. The van der Waals surface area contributed by atoms with E-state index in [0.717, 1.165) is 18.4 Å². The minimum Gasteiger partial charge on any atom is -0.371 e. The fourth-order valence-electron chi connectivity index (χ4n) is 2.14. The Labute approximate surface area is 110 Å². The summed E-state index contributed by atoms with van der Waals surface area (Å²) < 4.78 is 0. The minimum absolute atomic E-state index is 0. The van der Waals surface area contributed by atoms with Crippen LogP contribution in [0.2, 0.25) is 0 Å². The van der Waals surface area contributed by atoms with Gasteiger partial charge in [0.2, 0.25) is 0 Å². The molecule has 92 valence electrons. The quantitative estimate of drug-likeness (QED) is 0.557. The van der Waals surface area contributed by atoms with Crippen LogP contribution >= 0.6 is 0 Å². The molecule has 16 heavy (non-hydrogen) atoms. The first-order chi connectivity index (χ1) is 6.88. The third-order valence-corrected chi connectivity index (χ3v) is 2.49. The summed E-state index contributed by atoms with van der Waals surface area (Å²) >= 11 is 0. The molecule has 0 aliphatic heterocycles. The van der Waals surface area contributed by atoms with E-state index in [-0.39, 0.29) is 22.9 Å². The zero-order chi connectivity index (χ0) is 11.5. The van der Waals surface area contributed by atoms with Crippen molar-refractivity contribution in [1.82, 2.24) is 0 Å². The molecule has 0 aromatic rings. The summed E-state index contributed by atoms with van der Waals surface area (Å²) in [4.78, 5) is 11.8. The van der Waals surface area contributed by atoms with Gasteiger partial charge in [0.05, 0.1) is 0 Å². The van der Waals surface area contributed by atoms with Crippen LogP contribution in [-0.4, -0.2) is 5.78 Å². The van der Waals surface area contributed by atoms with Gasteiger partial charge >= 0.3 is 0 Å². The maximum absolute atomic E-state index is 11.8. The van der Waals surface area contributed by atoms with E-state index < -0.39 is 0 Å². The first-order valence-electron chi connectivity index (χ1n) is 5.69. The van der Waals surface area contributed by atoms with Crippen LogP contribution in [0.1, 0.15) is 47.0 Å². The van der Waals surface area contributed by atoms with E-state index in [1.807, 2.05) is 12.2 Å². The van der Waals surface area contributed by atoms with Gasteiger partial charge in [-0.2, -0.15) is 17.7 Å². The number of carbonyl (C=O) groups is 1. The van der Waals surface area contributed by atoms with Crippen molar-refractivity contribution in [3.05, 3.63) is 23.8 Å². The van der Waals surface area contributed by atoms with Crippen LogP contribution in [0.5, 0.6) is 0 Å². The molecular weight excluding hydrogens is 240 g/mol. The standard InChI is InChI=1S/C14H21O.Fe/c1-11(10-14(2,3)4)9-13(15)12-7-5-6-8-12;/h5,7,11H,6,9-10H2,1-4H3;/q-1;. The second kappa shape index (κ2) is 6.42. The Bertz CT molecular complexity index is 294. The van der Waals surface area contributed by atoms with Gasteiger partial charge in [0.25, 0.3) is 0 Å². The van der Waals surface area contributed by atoms with Gasteiger partial charge in [-0.1, -0.05) is 34.1 Å². The van der Waals surface area contributed by atoms with E-state index in [0.29, 0.717) is 17.8 Å². The number of carbonyl (C=O) groups excluding carboxylic acids is 1. The second-order valence-electron chi connectivity index (χ2n) is 5.69. The summed E-state index contributed by atoms with van der Waals surface area (Å²) in [6, 6.07) is 0. The van der Waals surface area contributed by atoms with Gasteiger partial charge < -0.3 is 4.79 Å². The summed E-state index contributed by atoms with van der Waals surface area (Å²) in [5.41, 5.74) is 1.10. The van der Waals surface area contributed by atoms with E-state index in [1.165, 1.54) is 0 Å². The van der Waals surface area contributed by atoms with E-state index in [2.05, 4.69) is 33.8 Å². The van der Waals surface area contributed by atoms with Crippen LogP contribution in [0.15, 0.2) is 17.7 Å². The number of allylic oxidation sites excluding steroid dienone is 4. The Kier molecular flexibility index (Phi) is 6.28. The van der Waals surface area contributed by atoms with Gasteiger partial charge in [0.15, 0.2) is 0 Å². The molecule has 2 heteroatoms. The van der Waals surface area contributed by atoms with Crippen molar-refractivity contribution in [3.63, 3.8) is 0 Å². The van der Waals surface area contributed by atoms with Crippen molar-refractivity contribution < 1.29 is 21.9 Å². The molecule has 1 aliphatic rings. The minimum atomic E-state index is 0. The van der Waals surface area contributed by atoms with E-state index >= 15 is 0 Å². The van der Waals surface area contributed by atoms with E-state index in [9.17, 15) is 4.79 Å². The van der Waals surface area contributed by atoms with Crippen molar-refractivity contribution in [1.29, 1.82) is 0 Å². The van der Waals surface area contributed by atoms with Crippen molar-refractivity contribution in [2.45, 2.75) is 47.0 Å². The fourth-order valence-corrected chi connectivity index (χ4v) is 2.14. The van der Waals surface area contributed by atoms with Crippen molar-refractivity contribution in [3.8, 4) is 0 Å². The van der Waals surface area contributed by atoms with Gasteiger partial charge in [-0.05, 0) is 24.2 Å². The molecule has 0 N–H and O–H groups in total. The van der Waals surface area contributed by atoms with E-state index in [4.69, 9.17) is 0 Å². The maximum Gasteiger partial charge on any atom is 0.0497 e. The summed E-state index contributed by atoms with van der Waals surface area (Å²) in [5, 5.41) is 0. The van der Waals surface area contributed by atoms with Gasteiger partial charge in [-0.15, -0.1) is 6.08 Å². The molecule has 1 atom stereocenters. The molecule has 1 unspecified atom stereocenters. The Morgan fingerprint density at radius 2 is 2.12 bits per heavy atom. The van der Waals surface area contributed by atoms with Crippen LogP contribution in [0.4, 0.5) is 0 Å². The number of hydrogen-bond acceptors (Lipinski definition) is 1. The summed E-state index contributed by atoms with van der Waals surface area (Å²) in [5.74, 6) is 0.710. The summed E-state index contributed by atoms with van der Waals surface area (Å²) in [6.07, 6.45) is 9.51. The van der Waals surface area contributed by atoms with Gasteiger partial charge in [-0.3, -0.25) is 0 Å². The third kappa shape index (κ3) is 5.67. The number of hydrogen-bond donors (Lipinski definition) is 0. The van der Waals surface area contributed by atoms with Gasteiger partial charge in [-0.25, -0.2) is 0 Å². The molecule has 0 amide bonds. The topological polar surface area (TPSA) is 17.1 Å². The molecule has 1 aliphatic carbocycles. The largest absolute Gasteiger partial charge is 0.371 e. The molecule has 0 spiro atoms. The van der Waals surface area contributed by atoms with Crippen LogP contribution in [-0.2, 0) is 21.9 Å². The Morgan fingerprint density at radius 3 is 2.56 bits per heavy atom. The van der Waals surface area contributed by atoms with E-state index in [1.54, 1.807) is 0 Å². The second-order valence-corrected chi connectivity index (χ2v) is 5.69. The predicted octanol–water partition coefficient (Wildman–Crippen LogP) is 3.70. The van der Waals surface area contributed by atoms with Crippen molar-refractivity contribution in [2.75, 3.05) is 0 Å². The van der Waals surface area contributed by atoms with Crippen molar-refractivity contribution >= 4 is 5.78 Å². The predicted molar refractivity (Wildman–Crippen MR) is 63.4 cm³/mol. The van der Waals surface area contributed by atoms with Gasteiger partial charge in [0, 0.05) is 22.9 Å². The monoisotopic (exact) mass is 261 g/mol. The summed E-state index contributed by atoms with van der Waals surface area (Å²) in [7, 11) is 0. The fraction of sp³-hybridized carbons (Fsp3) is 0.643. The molecular formula is C14H21FeO-. The first-order valence-corrected chi connectivity index (χ1v) is 5.69. The Hall–Kier alpha value is -0.331. The Balaban J connectivity index is 0.00000225. The Morgan fingerprint density at radius 1 is 1.50 bits per heavy atom. The molecule has 0 aromatic carbocycles. The number of rotatable bonds is 4. The molecule has 1 rings (SSSR count). The zero-order valence-corrected chi connectivity index (χ0v) is 11.7. The average Bonchev–Trinajstić information content (AvgIpc) is 2.50. The maximum atomic E-state index is 11.8. The number of Topliss-reactive ketones (excluding diaryl/α,β-unsaturated/α-hetero) is 1.